The van der Waals surface area contributed by atoms with Gasteiger partial charge in [0.15, 0.2) is 6.23 Å². The Morgan fingerprint density at radius 3 is 2.20 bits per heavy atom. The number of carbonyl (C=O) groups is 1. The Kier molecular flexibility index (Phi) is 7.97. The quantitative estimate of drug-likeness (QED) is 0.363. The smallest absolute Gasteiger partial charge is 0.422 e. The van der Waals surface area contributed by atoms with Crippen LogP contribution in [0.15, 0.2) is 36.4 Å². The van der Waals surface area contributed by atoms with Gasteiger partial charge in [-0.05, 0) is 112 Å². The van der Waals surface area contributed by atoms with Crippen LogP contribution in [0.4, 0.5) is 4.79 Å². The molecule has 2 aliphatic rings. The topological polar surface area (TPSA) is 62.2 Å². The van der Waals surface area contributed by atoms with E-state index in [-0.39, 0.29) is 31.3 Å². The van der Waals surface area contributed by atoms with E-state index in [0.717, 1.165) is 37.2 Å². The molecule has 2 aromatic carbocycles. The summed E-state index contributed by atoms with van der Waals surface area (Å²) in [5.41, 5.74) is 2.36. The highest BCUT2D eigenvalue weighted by Gasteiger charge is 2.32. The summed E-state index contributed by atoms with van der Waals surface area (Å²) in [5, 5.41) is 12.9. The molecule has 6 nitrogen and oxygen atoms in total. The number of hydrogen-bond acceptors (Lipinski definition) is 4. The second-order valence-corrected chi connectivity index (χ2v) is 9.82. The second kappa shape index (κ2) is 10.1. The molecule has 0 bridgehead atoms. The third kappa shape index (κ3) is 5.25. The zero-order valence-corrected chi connectivity index (χ0v) is 21.5. The molecule has 0 radical (unpaired) electrons. The Morgan fingerprint density at radius 2 is 1.60 bits per heavy atom. The lowest BCUT2D eigenvalue weighted by molar-refractivity contribution is -0.110. The average Bonchev–Trinajstić information content (AvgIpc) is 2.71. The molecule has 0 aromatic heterocycles. The summed E-state index contributed by atoms with van der Waals surface area (Å²) in [6.07, 6.45) is 1.77. The van der Waals surface area contributed by atoms with E-state index in [4.69, 9.17) is 9.47 Å². The zero-order valence-electron chi connectivity index (χ0n) is 16.4. The first-order valence-corrected chi connectivity index (χ1v) is 11.7. The summed E-state index contributed by atoms with van der Waals surface area (Å²) in [5.74, 6) is 1.68. The minimum atomic E-state index is -0.999. The van der Waals surface area contributed by atoms with Crippen molar-refractivity contribution in [2.75, 3.05) is 13.6 Å². The van der Waals surface area contributed by atoms with Gasteiger partial charge in [-0.2, -0.15) is 5.01 Å². The van der Waals surface area contributed by atoms with Crippen molar-refractivity contribution in [3.63, 3.8) is 0 Å². The fourth-order valence-corrected chi connectivity index (χ4v) is 4.95. The summed E-state index contributed by atoms with van der Waals surface area (Å²) in [7, 11) is 1.77. The van der Waals surface area contributed by atoms with Crippen LogP contribution in [0.25, 0.3) is 0 Å². The number of carboxylic acid groups (broad SMARTS) is 1. The van der Waals surface area contributed by atoms with Gasteiger partial charge in [0, 0.05) is 20.6 Å². The van der Waals surface area contributed by atoms with Gasteiger partial charge in [-0.15, -0.1) is 12.4 Å². The molecule has 0 unspecified atom stereocenters. The lowest BCUT2D eigenvalue weighted by atomic mass is 10.0. The van der Waals surface area contributed by atoms with Gasteiger partial charge in [-0.1, -0.05) is 0 Å². The van der Waals surface area contributed by atoms with Crippen LogP contribution in [0.1, 0.15) is 24.0 Å². The first kappa shape index (κ1) is 23.7. The molecule has 2 aromatic rings. The van der Waals surface area contributed by atoms with Gasteiger partial charge in [0.05, 0.1) is 6.54 Å². The Balaban J connectivity index is 0.00000256. The van der Waals surface area contributed by atoms with E-state index in [1.807, 2.05) is 24.3 Å². The van der Waals surface area contributed by atoms with Crippen LogP contribution in [0.5, 0.6) is 11.5 Å². The first-order valence-electron chi connectivity index (χ1n) is 9.54. The molecule has 0 saturated heterocycles. The minimum absolute atomic E-state index is 0. The SMILES string of the molecule is CN([C@H]1CCc2cc(I)ccc2O1)N(C[C@H]1CCc2cc(I)ccc2O1)C(=O)O.Cl. The predicted molar refractivity (Wildman–Crippen MR) is 134 cm³/mol. The molecule has 2 aliphatic heterocycles. The van der Waals surface area contributed by atoms with E-state index in [1.165, 1.54) is 23.3 Å². The molecule has 2 atom stereocenters. The van der Waals surface area contributed by atoms with E-state index < -0.39 is 6.09 Å². The number of benzene rings is 2. The van der Waals surface area contributed by atoms with Crippen molar-refractivity contribution < 1.29 is 19.4 Å². The molecule has 2 heterocycles. The molecular formula is C21H23ClI2N2O4. The van der Waals surface area contributed by atoms with Gasteiger partial charge in [0.2, 0.25) is 0 Å². The van der Waals surface area contributed by atoms with Gasteiger partial charge in [-0.25, -0.2) is 9.80 Å². The van der Waals surface area contributed by atoms with Gasteiger partial charge in [0.25, 0.3) is 0 Å². The number of hydrogen-bond donors (Lipinski definition) is 1. The van der Waals surface area contributed by atoms with Crippen molar-refractivity contribution in [1.29, 1.82) is 0 Å². The number of ether oxygens (including phenoxy) is 2. The summed E-state index contributed by atoms with van der Waals surface area (Å²) in [6.45, 7) is 0.274. The highest BCUT2D eigenvalue weighted by molar-refractivity contribution is 14.1. The number of nitrogens with zero attached hydrogens (tertiary/aromatic N) is 2. The van der Waals surface area contributed by atoms with Crippen molar-refractivity contribution >= 4 is 63.7 Å². The molecule has 162 valence electrons. The minimum Gasteiger partial charge on any atom is -0.488 e. The molecule has 1 amide bonds. The molecule has 0 aliphatic carbocycles. The number of amides is 1. The summed E-state index contributed by atoms with van der Waals surface area (Å²) in [6, 6.07) is 12.2. The zero-order chi connectivity index (χ0) is 20.5. The van der Waals surface area contributed by atoms with E-state index in [9.17, 15) is 9.90 Å². The summed E-state index contributed by atoms with van der Waals surface area (Å²) in [4.78, 5) is 12.0. The van der Waals surface area contributed by atoms with Crippen LogP contribution >= 0.6 is 57.6 Å². The van der Waals surface area contributed by atoms with Crippen LogP contribution in [0, 0.1) is 7.14 Å². The van der Waals surface area contributed by atoms with E-state index in [1.54, 1.807) is 12.1 Å². The van der Waals surface area contributed by atoms with Crippen molar-refractivity contribution in [3.8, 4) is 11.5 Å². The fourth-order valence-electron chi connectivity index (χ4n) is 3.84. The monoisotopic (exact) mass is 656 g/mol. The number of aryl methyl sites for hydroxylation is 2. The number of hydrazine groups is 1. The Bertz CT molecular complexity index is 930. The van der Waals surface area contributed by atoms with Gasteiger partial charge in [0.1, 0.15) is 17.6 Å². The number of rotatable bonds is 4. The summed E-state index contributed by atoms with van der Waals surface area (Å²) < 4.78 is 14.6. The Labute approximate surface area is 209 Å². The van der Waals surface area contributed by atoms with Crippen molar-refractivity contribution in [2.45, 2.75) is 38.0 Å². The van der Waals surface area contributed by atoms with Crippen LogP contribution in [-0.4, -0.2) is 47.1 Å². The largest absolute Gasteiger partial charge is 0.488 e. The molecule has 9 heteroatoms. The molecule has 4 rings (SSSR count). The van der Waals surface area contributed by atoms with Gasteiger partial charge < -0.3 is 14.6 Å². The molecule has 0 saturated carbocycles. The maximum atomic E-state index is 12.0. The molecule has 0 spiro atoms. The molecular weight excluding hydrogens is 634 g/mol. The normalized spacial score (nSPS) is 19.6. The van der Waals surface area contributed by atoms with Gasteiger partial charge in [-0.3, -0.25) is 0 Å². The van der Waals surface area contributed by atoms with E-state index in [0.29, 0.717) is 0 Å². The highest BCUT2D eigenvalue weighted by Crippen LogP contribution is 2.32. The standard InChI is InChI=1S/C21H22I2N2O4.ClH/c1-24(20-9-3-14-11-16(23)5-8-19(14)29-20)25(21(26)27)12-17-6-2-13-10-15(22)4-7-18(13)28-17;/h4-5,7-8,10-11,17,20H,2-3,6,9,12H2,1H3,(H,26,27);1H/t17-,20-;/m1./s1. The maximum Gasteiger partial charge on any atom is 0.422 e. The van der Waals surface area contributed by atoms with Gasteiger partial charge >= 0.3 is 6.09 Å². The van der Waals surface area contributed by atoms with Crippen LogP contribution in [-0.2, 0) is 12.8 Å². The van der Waals surface area contributed by atoms with Crippen LogP contribution < -0.4 is 9.47 Å². The predicted octanol–water partition coefficient (Wildman–Crippen LogP) is 5.19. The molecule has 30 heavy (non-hydrogen) atoms. The highest BCUT2D eigenvalue weighted by atomic mass is 127. The van der Waals surface area contributed by atoms with Crippen molar-refractivity contribution in [1.82, 2.24) is 10.0 Å². The van der Waals surface area contributed by atoms with E-state index >= 15 is 0 Å². The number of halogens is 3. The Hall–Kier alpha value is -0.980. The Morgan fingerprint density at radius 1 is 1.03 bits per heavy atom. The third-order valence-corrected chi connectivity index (χ3v) is 6.73. The molecule has 0 fully saturated rings. The second-order valence-electron chi connectivity index (χ2n) is 7.33. The van der Waals surface area contributed by atoms with E-state index in [2.05, 4.69) is 57.3 Å². The lowest BCUT2D eigenvalue weighted by Crippen LogP contribution is -2.55. The average molecular weight is 657 g/mol. The molecule has 1 N–H and O–H groups in total. The number of fused-ring (bicyclic) bond motifs is 2. The lowest BCUT2D eigenvalue weighted by Gasteiger charge is -2.40. The fraction of sp³-hybridized carbons (Fsp3) is 0.381. The van der Waals surface area contributed by atoms with Crippen LogP contribution in [0.3, 0.4) is 0 Å². The van der Waals surface area contributed by atoms with Crippen molar-refractivity contribution in [2.24, 2.45) is 0 Å². The summed E-state index contributed by atoms with van der Waals surface area (Å²) >= 11 is 4.58. The first-order chi connectivity index (χ1) is 13.9. The van der Waals surface area contributed by atoms with Crippen molar-refractivity contribution in [3.05, 3.63) is 54.7 Å². The third-order valence-electron chi connectivity index (χ3n) is 5.39. The van der Waals surface area contributed by atoms with Crippen LogP contribution in [0.2, 0.25) is 0 Å². The maximum absolute atomic E-state index is 12.0.